The number of likely N-dealkylation sites (tertiary alicyclic amines) is 1. The van der Waals surface area contributed by atoms with Gasteiger partial charge in [0.2, 0.25) is 0 Å². The Balaban J connectivity index is 1.85. The van der Waals surface area contributed by atoms with Crippen LogP contribution in [0.1, 0.15) is 12.0 Å². The molecule has 4 nitrogen and oxygen atoms in total. The minimum absolute atomic E-state index is 0.232. The summed E-state index contributed by atoms with van der Waals surface area (Å²) in [5.74, 6) is -0.920. The van der Waals surface area contributed by atoms with Crippen LogP contribution in [0.25, 0.3) is 10.9 Å². The molecule has 104 valence electrons. The highest BCUT2D eigenvalue weighted by molar-refractivity contribution is 9.10. The smallest absolute Gasteiger partial charge is 0.307 e. The van der Waals surface area contributed by atoms with E-state index < -0.39 is 5.97 Å². The molecule has 0 radical (unpaired) electrons. The number of aliphatic carboxylic acids is 1. The highest BCUT2D eigenvalue weighted by Crippen LogP contribution is 2.27. The molecule has 3 rings (SSSR count). The topological polar surface area (TPSA) is 53.4 Å². The standard InChI is InChI=1S/C15H15BrN2O2/c16-13-4-3-10(14-12(13)2-1-6-17-14)8-18-7-5-11(9-18)15(19)20/h1-4,6,11H,5,7-9H2,(H,19,20). The molecule has 2 aromatic rings. The molecule has 1 fully saturated rings. The number of benzene rings is 1. The van der Waals surface area contributed by atoms with Crippen LogP contribution < -0.4 is 0 Å². The van der Waals surface area contributed by atoms with Gasteiger partial charge < -0.3 is 5.11 Å². The van der Waals surface area contributed by atoms with Gasteiger partial charge in [-0.3, -0.25) is 14.7 Å². The minimum Gasteiger partial charge on any atom is -0.481 e. The van der Waals surface area contributed by atoms with Crippen molar-refractivity contribution in [3.05, 3.63) is 40.5 Å². The Bertz CT molecular complexity index is 659. The van der Waals surface area contributed by atoms with Crippen LogP contribution in [-0.2, 0) is 11.3 Å². The van der Waals surface area contributed by atoms with E-state index in [0.29, 0.717) is 6.54 Å². The lowest BCUT2D eigenvalue weighted by molar-refractivity contribution is -0.141. The van der Waals surface area contributed by atoms with Crippen LogP contribution in [0.5, 0.6) is 0 Å². The fourth-order valence-corrected chi connectivity index (χ4v) is 3.19. The number of pyridine rings is 1. The van der Waals surface area contributed by atoms with Gasteiger partial charge in [-0.2, -0.15) is 0 Å². The van der Waals surface area contributed by atoms with E-state index in [9.17, 15) is 4.79 Å². The molecule has 0 spiro atoms. The molecular weight excluding hydrogens is 320 g/mol. The van der Waals surface area contributed by atoms with Gasteiger partial charge in [-0.05, 0) is 30.7 Å². The van der Waals surface area contributed by atoms with Crippen molar-refractivity contribution in [3.63, 3.8) is 0 Å². The third-order valence-electron chi connectivity index (χ3n) is 3.82. The van der Waals surface area contributed by atoms with Gasteiger partial charge in [0.25, 0.3) is 0 Å². The molecule has 0 bridgehead atoms. The van der Waals surface area contributed by atoms with Crippen molar-refractivity contribution in [1.29, 1.82) is 0 Å². The monoisotopic (exact) mass is 334 g/mol. The van der Waals surface area contributed by atoms with E-state index in [1.54, 1.807) is 6.20 Å². The van der Waals surface area contributed by atoms with Crippen molar-refractivity contribution < 1.29 is 9.90 Å². The highest BCUT2D eigenvalue weighted by atomic mass is 79.9. The second-order valence-electron chi connectivity index (χ2n) is 5.17. The molecule has 1 aromatic heterocycles. The lowest BCUT2D eigenvalue weighted by Crippen LogP contribution is -2.23. The lowest BCUT2D eigenvalue weighted by Gasteiger charge is -2.16. The van der Waals surface area contributed by atoms with Gasteiger partial charge in [0.15, 0.2) is 0 Å². The van der Waals surface area contributed by atoms with E-state index in [1.807, 2.05) is 18.2 Å². The molecule has 0 saturated carbocycles. The Morgan fingerprint density at radius 3 is 3.05 bits per heavy atom. The first-order valence-electron chi connectivity index (χ1n) is 6.62. The number of carbonyl (C=O) groups is 1. The molecule has 0 aliphatic carbocycles. The van der Waals surface area contributed by atoms with E-state index in [0.717, 1.165) is 40.4 Å². The van der Waals surface area contributed by atoms with E-state index in [1.165, 1.54) is 0 Å². The Morgan fingerprint density at radius 2 is 2.30 bits per heavy atom. The van der Waals surface area contributed by atoms with Crippen molar-refractivity contribution in [2.75, 3.05) is 13.1 Å². The lowest BCUT2D eigenvalue weighted by atomic mass is 10.1. The fraction of sp³-hybridized carbons (Fsp3) is 0.333. The second-order valence-corrected chi connectivity index (χ2v) is 6.02. The summed E-state index contributed by atoms with van der Waals surface area (Å²) in [6.45, 7) is 2.21. The zero-order valence-electron chi connectivity index (χ0n) is 10.9. The molecule has 1 atom stereocenters. The predicted molar refractivity (Wildman–Crippen MR) is 80.5 cm³/mol. The number of carboxylic acid groups (broad SMARTS) is 1. The van der Waals surface area contributed by atoms with Crippen molar-refractivity contribution >= 4 is 32.8 Å². The Morgan fingerprint density at radius 1 is 1.45 bits per heavy atom. The number of carboxylic acids is 1. The number of halogens is 1. The Labute approximate surface area is 125 Å². The van der Waals surface area contributed by atoms with Crippen molar-refractivity contribution in [2.45, 2.75) is 13.0 Å². The minimum atomic E-state index is -0.689. The van der Waals surface area contributed by atoms with Crippen LogP contribution >= 0.6 is 15.9 Å². The summed E-state index contributed by atoms with van der Waals surface area (Å²) in [6.07, 6.45) is 2.53. The molecule has 2 heterocycles. The molecule has 0 amide bonds. The average molecular weight is 335 g/mol. The van der Waals surface area contributed by atoms with Crippen LogP contribution in [0.3, 0.4) is 0 Å². The predicted octanol–water partition coefficient (Wildman–Crippen LogP) is 2.90. The SMILES string of the molecule is O=C(O)C1CCN(Cc2ccc(Br)c3cccnc23)C1. The summed E-state index contributed by atoms with van der Waals surface area (Å²) in [5.41, 5.74) is 2.13. The number of nitrogens with zero attached hydrogens (tertiary/aromatic N) is 2. The van der Waals surface area contributed by atoms with E-state index in [2.05, 4.69) is 31.9 Å². The summed E-state index contributed by atoms with van der Waals surface area (Å²) in [7, 11) is 0. The van der Waals surface area contributed by atoms with Gasteiger partial charge in [0, 0.05) is 29.1 Å². The molecule has 1 aliphatic rings. The van der Waals surface area contributed by atoms with Crippen LogP contribution in [-0.4, -0.2) is 34.0 Å². The number of fused-ring (bicyclic) bond motifs is 1. The highest BCUT2D eigenvalue weighted by Gasteiger charge is 2.28. The number of rotatable bonds is 3. The first kappa shape index (κ1) is 13.5. The number of aromatic nitrogens is 1. The first-order chi connectivity index (χ1) is 9.65. The van der Waals surface area contributed by atoms with Crippen molar-refractivity contribution in [1.82, 2.24) is 9.88 Å². The summed E-state index contributed by atoms with van der Waals surface area (Å²) >= 11 is 3.54. The van der Waals surface area contributed by atoms with Crippen LogP contribution in [0.4, 0.5) is 0 Å². The Kier molecular flexibility index (Phi) is 3.72. The molecule has 1 N–H and O–H groups in total. The molecular formula is C15H15BrN2O2. The van der Waals surface area contributed by atoms with Gasteiger partial charge >= 0.3 is 5.97 Å². The normalized spacial score (nSPS) is 19.6. The van der Waals surface area contributed by atoms with Gasteiger partial charge in [0.05, 0.1) is 11.4 Å². The van der Waals surface area contributed by atoms with Crippen molar-refractivity contribution in [3.8, 4) is 0 Å². The zero-order chi connectivity index (χ0) is 14.1. The summed E-state index contributed by atoms with van der Waals surface area (Å²) < 4.78 is 1.04. The van der Waals surface area contributed by atoms with E-state index in [-0.39, 0.29) is 5.92 Å². The third kappa shape index (κ3) is 2.55. The second kappa shape index (κ2) is 5.50. The first-order valence-corrected chi connectivity index (χ1v) is 7.41. The van der Waals surface area contributed by atoms with Gasteiger partial charge in [-0.1, -0.05) is 28.1 Å². The summed E-state index contributed by atoms with van der Waals surface area (Å²) in [6, 6.07) is 8.06. The van der Waals surface area contributed by atoms with Gasteiger partial charge in [0.1, 0.15) is 0 Å². The molecule has 1 aliphatic heterocycles. The maximum Gasteiger partial charge on any atom is 0.307 e. The summed E-state index contributed by atoms with van der Waals surface area (Å²) in [4.78, 5) is 17.7. The van der Waals surface area contributed by atoms with Crippen LogP contribution in [0.2, 0.25) is 0 Å². The number of hydrogen-bond acceptors (Lipinski definition) is 3. The van der Waals surface area contributed by atoms with Crippen LogP contribution in [0, 0.1) is 5.92 Å². The van der Waals surface area contributed by atoms with E-state index in [4.69, 9.17) is 5.11 Å². The van der Waals surface area contributed by atoms with Gasteiger partial charge in [-0.15, -0.1) is 0 Å². The average Bonchev–Trinajstić information content (AvgIpc) is 2.91. The van der Waals surface area contributed by atoms with Crippen molar-refractivity contribution in [2.24, 2.45) is 5.92 Å². The fourth-order valence-electron chi connectivity index (χ4n) is 2.74. The molecule has 20 heavy (non-hydrogen) atoms. The quantitative estimate of drug-likeness (QED) is 0.937. The third-order valence-corrected chi connectivity index (χ3v) is 4.51. The van der Waals surface area contributed by atoms with Gasteiger partial charge in [-0.25, -0.2) is 0 Å². The summed E-state index contributed by atoms with van der Waals surface area (Å²) in [5, 5.41) is 10.2. The molecule has 1 aromatic carbocycles. The molecule has 1 saturated heterocycles. The Hall–Kier alpha value is -1.46. The zero-order valence-corrected chi connectivity index (χ0v) is 12.5. The molecule has 5 heteroatoms. The molecule has 1 unspecified atom stereocenters. The van der Waals surface area contributed by atoms with Crippen LogP contribution in [0.15, 0.2) is 34.9 Å². The maximum atomic E-state index is 11.0. The number of hydrogen-bond donors (Lipinski definition) is 1. The maximum absolute atomic E-state index is 11.0. The van der Waals surface area contributed by atoms with E-state index >= 15 is 0 Å². The largest absolute Gasteiger partial charge is 0.481 e.